The van der Waals surface area contributed by atoms with Gasteiger partial charge in [0.1, 0.15) is 0 Å². The molecular formula is C17H23N5O2S. The van der Waals surface area contributed by atoms with Gasteiger partial charge in [0.25, 0.3) is 0 Å². The number of aryl methyl sites for hydroxylation is 1. The van der Waals surface area contributed by atoms with Crippen molar-refractivity contribution in [3.05, 3.63) is 28.8 Å². The Labute approximate surface area is 150 Å². The number of morpholine rings is 1. The molecule has 1 unspecified atom stereocenters. The zero-order valence-corrected chi connectivity index (χ0v) is 15.0. The highest BCUT2D eigenvalue weighted by Crippen LogP contribution is 2.34. The van der Waals surface area contributed by atoms with Crippen LogP contribution in [0.4, 0.5) is 5.13 Å². The molecule has 1 amide bonds. The standard InChI is InChI=1S/C17H23N5O2S/c23-16(19-4-3-13-10-18-11-20-13)12-1-2-15-14(9-12)21-17(25-15)22-5-7-24-8-6-22/h10-12H,1-9H2,(H,18,20)(H,19,23). The van der Waals surface area contributed by atoms with E-state index in [1.807, 2.05) is 0 Å². The minimum Gasteiger partial charge on any atom is -0.378 e. The summed E-state index contributed by atoms with van der Waals surface area (Å²) in [6, 6.07) is 0. The second-order valence-corrected chi connectivity index (χ2v) is 7.59. The van der Waals surface area contributed by atoms with Gasteiger partial charge in [-0.15, -0.1) is 11.3 Å². The number of amides is 1. The molecule has 1 aliphatic carbocycles. The first kappa shape index (κ1) is 16.5. The summed E-state index contributed by atoms with van der Waals surface area (Å²) in [5.74, 6) is 0.181. The summed E-state index contributed by atoms with van der Waals surface area (Å²) in [6.45, 7) is 3.99. The molecule has 0 saturated carbocycles. The summed E-state index contributed by atoms with van der Waals surface area (Å²) < 4.78 is 5.41. The number of carbonyl (C=O) groups is 1. The summed E-state index contributed by atoms with van der Waals surface area (Å²) in [5, 5.41) is 4.14. The number of nitrogens with zero attached hydrogens (tertiary/aromatic N) is 3. The van der Waals surface area contributed by atoms with Crippen molar-refractivity contribution in [2.75, 3.05) is 37.7 Å². The maximum atomic E-state index is 12.5. The van der Waals surface area contributed by atoms with Gasteiger partial charge < -0.3 is 19.9 Å². The predicted octanol–water partition coefficient (Wildman–Crippen LogP) is 1.17. The Morgan fingerprint density at radius 1 is 1.44 bits per heavy atom. The van der Waals surface area contributed by atoms with Gasteiger partial charge in [-0.1, -0.05) is 0 Å². The number of nitrogens with one attached hydrogen (secondary N) is 2. The lowest BCUT2D eigenvalue weighted by Crippen LogP contribution is -2.36. The number of fused-ring (bicyclic) bond motifs is 1. The summed E-state index contributed by atoms with van der Waals surface area (Å²) in [4.78, 5) is 28.0. The van der Waals surface area contributed by atoms with Gasteiger partial charge in [0.15, 0.2) is 5.13 Å². The third-order valence-electron chi connectivity index (χ3n) is 4.83. The fourth-order valence-electron chi connectivity index (χ4n) is 3.37. The van der Waals surface area contributed by atoms with E-state index < -0.39 is 0 Å². The number of aromatic nitrogens is 3. The van der Waals surface area contributed by atoms with Crippen LogP contribution < -0.4 is 10.2 Å². The van der Waals surface area contributed by atoms with E-state index in [1.165, 1.54) is 4.88 Å². The third-order valence-corrected chi connectivity index (χ3v) is 6.05. The summed E-state index contributed by atoms with van der Waals surface area (Å²) in [6.07, 6.45) is 6.85. The molecular weight excluding hydrogens is 338 g/mol. The lowest BCUT2D eigenvalue weighted by molar-refractivity contribution is -0.125. The monoisotopic (exact) mass is 361 g/mol. The van der Waals surface area contributed by atoms with Crippen LogP contribution in [0.3, 0.4) is 0 Å². The van der Waals surface area contributed by atoms with Crippen LogP contribution in [-0.4, -0.2) is 53.7 Å². The number of carbonyl (C=O) groups excluding carboxylic acids is 1. The minimum atomic E-state index is 0.0360. The van der Waals surface area contributed by atoms with Crippen LogP contribution >= 0.6 is 11.3 Å². The van der Waals surface area contributed by atoms with E-state index in [0.717, 1.165) is 68.5 Å². The Morgan fingerprint density at radius 3 is 3.12 bits per heavy atom. The topological polar surface area (TPSA) is 83.1 Å². The highest BCUT2D eigenvalue weighted by Gasteiger charge is 2.28. The molecule has 25 heavy (non-hydrogen) atoms. The van der Waals surface area contributed by atoms with E-state index in [-0.39, 0.29) is 11.8 Å². The average molecular weight is 361 g/mol. The number of aromatic amines is 1. The average Bonchev–Trinajstić information content (AvgIpc) is 3.31. The first-order valence-electron chi connectivity index (χ1n) is 8.86. The Morgan fingerprint density at radius 2 is 2.32 bits per heavy atom. The maximum Gasteiger partial charge on any atom is 0.223 e. The Balaban J connectivity index is 1.32. The van der Waals surface area contributed by atoms with Crippen molar-refractivity contribution in [3.8, 4) is 0 Å². The second kappa shape index (κ2) is 7.53. The van der Waals surface area contributed by atoms with Crippen molar-refractivity contribution in [1.29, 1.82) is 0 Å². The van der Waals surface area contributed by atoms with Crippen molar-refractivity contribution in [2.45, 2.75) is 25.7 Å². The van der Waals surface area contributed by atoms with Crippen LogP contribution in [0.25, 0.3) is 0 Å². The van der Waals surface area contributed by atoms with E-state index in [4.69, 9.17) is 9.72 Å². The third kappa shape index (κ3) is 3.85. The fourth-order valence-corrected chi connectivity index (χ4v) is 4.52. The largest absolute Gasteiger partial charge is 0.378 e. The molecule has 2 aliphatic rings. The lowest BCUT2D eigenvalue weighted by atomic mass is 9.90. The first-order valence-corrected chi connectivity index (χ1v) is 9.67. The summed E-state index contributed by atoms with van der Waals surface area (Å²) in [7, 11) is 0. The molecule has 2 N–H and O–H groups in total. The van der Waals surface area contributed by atoms with E-state index in [1.54, 1.807) is 23.9 Å². The number of rotatable bonds is 5. The normalized spacial score (nSPS) is 20.3. The van der Waals surface area contributed by atoms with Crippen LogP contribution in [0.1, 0.15) is 22.7 Å². The van der Waals surface area contributed by atoms with Crippen molar-refractivity contribution in [1.82, 2.24) is 20.3 Å². The number of H-pyrrole nitrogens is 1. The predicted molar refractivity (Wildman–Crippen MR) is 96.0 cm³/mol. The molecule has 0 aromatic carbocycles. The molecule has 0 radical (unpaired) electrons. The smallest absolute Gasteiger partial charge is 0.223 e. The zero-order valence-electron chi connectivity index (χ0n) is 14.2. The van der Waals surface area contributed by atoms with Crippen molar-refractivity contribution in [3.63, 3.8) is 0 Å². The molecule has 134 valence electrons. The van der Waals surface area contributed by atoms with Crippen molar-refractivity contribution < 1.29 is 9.53 Å². The molecule has 1 saturated heterocycles. The summed E-state index contributed by atoms with van der Waals surface area (Å²) >= 11 is 1.79. The zero-order chi connectivity index (χ0) is 17.1. The van der Waals surface area contributed by atoms with Crippen LogP contribution in [0.5, 0.6) is 0 Å². The molecule has 2 aromatic heterocycles. The van der Waals surface area contributed by atoms with Gasteiger partial charge in [-0.25, -0.2) is 9.97 Å². The van der Waals surface area contributed by atoms with Gasteiger partial charge in [0.2, 0.25) is 5.91 Å². The fraction of sp³-hybridized carbons (Fsp3) is 0.588. The van der Waals surface area contributed by atoms with E-state index in [0.29, 0.717) is 6.54 Å². The van der Waals surface area contributed by atoms with Gasteiger partial charge in [-0.2, -0.15) is 0 Å². The Kier molecular flexibility index (Phi) is 4.98. The molecule has 8 heteroatoms. The minimum absolute atomic E-state index is 0.0360. The Hall–Kier alpha value is -1.93. The lowest BCUT2D eigenvalue weighted by Gasteiger charge is -2.26. The Bertz CT molecular complexity index is 709. The number of imidazole rings is 1. The number of anilines is 1. The maximum absolute atomic E-state index is 12.5. The van der Waals surface area contributed by atoms with E-state index >= 15 is 0 Å². The van der Waals surface area contributed by atoms with Gasteiger partial charge in [0, 0.05) is 55.2 Å². The van der Waals surface area contributed by atoms with Crippen LogP contribution in [0.2, 0.25) is 0 Å². The van der Waals surface area contributed by atoms with Crippen LogP contribution in [0.15, 0.2) is 12.5 Å². The number of hydrogen-bond donors (Lipinski definition) is 2. The van der Waals surface area contributed by atoms with Crippen molar-refractivity contribution >= 4 is 22.4 Å². The molecule has 0 spiro atoms. The molecule has 0 bridgehead atoms. The molecule has 2 aromatic rings. The number of thiazole rings is 1. The van der Waals surface area contributed by atoms with Gasteiger partial charge in [-0.05, 0) is 12.8 Å². The molecule has 1 atom stereocenters. The molecule has 4 rings (SSSR count). The van der Waals surface area contributed by atoms with E-state index in [2.05, 4.69) is 20.2 Å². The summed E-state index contributed by atoms with van der Waals surface area (Å²) in [5.41, 5.74) is 2.16. The molecule has 3 heterocycles. The van der Waals surface area contributed by atoms with Crippen LogP contribution in [-0.2, 0) is 28.8 Å². The number of hydrogen-bond acceptors (Lipinski definition) is 6. The van der Waals surface area contributed by atoms with Gasteiger partial charge in [-0.3, -0.25) is 4.79 Å². The molecule has 7 nitrogen and oxygen atoms in total. The quantitative estimate of drug-likeness (QED) is 0.835. The molecule has 1 aliphatic heterocycles. The highest BCUT2D eigenvalue weighted by molar-refractivity contribution is 7.15. The second-order valence-electron chi connectivity index (χ2n) is 6.52. The van der Waals surface area contributed by atoms with Gasteiger partial charge in [0.05, 0.1) is 25.2 Å². The van der Waals surface area contributed by atoms with Gasteiger partial charge >= 0.3 is 0 Å². The van der Waals surface area contributed by atoms with E-state index in [9.17, 15) is 4.79 Å². The van der Waals surface area contributed by atoms with Crippen LogP contribution in [0, 0.1) is 5.92 Å². The highest BCUT2D eigenvalue weighted by atomic mass is 32.1. The molecule has 1 fully saturated rings. The SMILES string of the molecule is O=C(NCCc1cnc[nH]1)C1CCc2sc(N3CCOCC3)nc2C1. The van der Waals surface area contributed by atoms with Crippen molar-refractivity contribution in [2.24, 2.45) is 5.92 Å². The first-order chi connectivity index (χ1) is 12.3. The number of ether oxygens (including phenoxy) is 1.